The Kier molecular flexibility index (Phi) is 8.02. The molecule has 2 heterocycles. The van der Waals surface area contributed by atoms with Crippen LogP contribution in [-0.2, 0) is 19.4 Å². The number of rotatable bonds is 10. The molecular weight excluding hydrogens is 444 g/mol. The molecule has 4 rings (SSSR count). The summed E-state index contributed by atoms with van der Waals surface area (Å²) in [6, 6.07) is 10.7. The maximum Gasteiger partial charge on any atom is 0.182 e. The summed E-state index contributed by atoms with van der Waals surface area (Å²) in [4.78, 5) is 5.09. The number of hydrogen-bond donors (Lipinski definition) is 4. The van der Waals surface area contributed by atoms with Crippen molar-refractivity contribution in [2.75, 3.05) is 36.5 Å². The molecule has 0 aliphatic carbocycles. The van der Waals surface area contributed by atoms with Crippen LogP contribution in [0.2, 0.25) is 0 Å². The number of allylic oxidation sites excluding steroid dienone is 2. The van der Waals surface area contributed by atoms with Crippen molar-refractivity contribution in [3.8, 4) is 12.3 Å². The summed E-state index contributed by atoms with van der Waals surface area (Å²) in [6.07, 6.45) is 12.9. The summed E-state index contributed by atoms with van der Waals surface area (Å²) in [5.41, 5.74) is 15.9. The number of hydrogen-bond acceptors (Lipinski definition) is 5. The smallest absolute Gasteiger partial charge is 0.182 e. The number of benzene rings is 2. The van der Waals surface area contributed by atoms with E-state index in [1.165, 1.54) is 16.5 Å². The maximum atomic E-state index is 6.38. The van der Waals surface area contributed by atoms with Gasteiger partial charge in [0.25, 0.3) is 0 Å². The van der Waals surface area contributed by atoms with Crippen LogP contribution in [0.15, 0.2) is 53.2 Å². The van der Waals surface area contributed by atoms with Crippen LogP contribution in [0.5, 0.6) is 0 Å². The third kappa shape index (κ3) is 5.12. The summed E-state index contributed by atoms with van der Waals surface area (Å²) in [7, 11) is 1.93. The number of para-hydroxylation sites is 1. The first-order chi connectivity index (χ1) is 17.5. The van der Waals surface area contributed by atoms with Gasteiger partial charge in [-0.3, -0.25) is 0 Å². The third-order valence-corrected chi connectivity index (χ3v) is 6.94. The molecule has 1 unspecified atom stereocenters. The van der Waals surface area contributed by atoms with Crippen LogP contribution in [0.3, 0.4) is 0 Å². The first kappa shape index (κ1) is 25.4. The Bertz CT molecular complexity index is 1340. The van der Waals surface area contributed by atoms with Crippen LogP contribution in [0.4, 0.5) is 17.1 Å². The number of likely N-dealkylation sites (N-methyl/N-ethyl adjacent to an activating group) is 1. The summed E-state index contributed by atoms with van der Waals surface area (Å²) >= 11 is 0. The molecule has 2 aromatic carbocycles. The molecule has 188 valence electrons. The van der Waals surface area contributed by atoms with Crippen LogP contribution in [-0.4, -0.2) is 36.6 Å². The lowest BCUT2D eigenvalue weighted by Crippen LogP contribution is -2.20. The molecule has 0 fully saturated rings. The molecule has 5 N–H and O–H groups in total. The summed E-state index contributed by atoms with van der Waals surface area (Å²) < 4.78 is 2.37. The van der Waals surface area contributed by atoms with Gasteiger partial charge in [-0.1, -0.05) is 37.1 Å². The van der Waals surface area contributed by atoms with Crippen molar-refractivity contribution in [3.05, 3.63) is 64.9 Å². The van der Waals surface area contributed by atoms with Crippen LogP contribution < -0.4 is 21.7 Å². The molecule has 0 saturated heterocycles. The number of aliphatic imine (C=N–C) groups is 1. The van der Waals surface area contributed by atoms with Gasteiger partial charge >= 0.3 is 0 Å². The van der Waals surface area contributed by atoms with Gasteiger partial charge in [-0.2, -0.15) is 0 Å². The van der Waals surface area contributed by atoms with Gasteiger partial charge in [0.1, 0.15) is 0 Å². The van der Waals surface area contributed by atoms with Gasteiger partial charge in [0, 0.05) is 42.5 Å². The fourth-order valence-corrected chi connectivity index (χ4v) is 4.92. The van der Waals surface area contributed by atoms with E-state index in [0.29, 0.717) is 5.69 Å². The Hall–Kier alpha value is -3.69. The van der Waals surface area contributed by atoms with Crippen molar-refractivity contribution in [2.24, 2.45) is 4.99 Å². The van der Waals surface area contributed by atoms with Crippen LogP contribution in [0.1, 0.15) is 43.9 Å². The zero-order chi connectivity index (χ0) is 25.7. The van der Waals surface area contributed by atoms with Gasteiger partial charge in [0.05, 0.1) is 22.6 Å². The van der Waals surface area contributed by atoms with Gasteiger partial charge in [-0.15, -0.1) is 6.42 Å². The van der Waals surface area contributed by atoms with E-state index >= 15 is 0 Å². The molecule has 0 amide bonds. The summed E-state index contributed by atoms with van der Waals surface area (Å²) in [5, 5.41) is 11.3. The van der Waals surface area contributed by atoms with E-state index in [2.05, 4.69) is 76.8 Å². The second-order valence-corrected chi connectivity index (χ2v) is 9.30. The first-order valence-corrected chi connectivity index (χ1v) is 12.9. The molecule has 0 saturated carbocycles. The van der Waals surface area contributed by atoms with E-state index in [1.807, 2.05) is 20.0 Å². The molecule has 6 nitrogen and oxygen atoms in total. The first-order valence-electron chi connectivity index (χ1n) is 12.9. The molecule has 1 atom stereocenters. The average molecular weight is 483 g/mol. The number of nitrogens with zero attached hydrogens (tertiary/aromatic N) is 2. The number of nitrogens with two attached hydrogens (primary N) is 1. The molecule has 0 bridgehead atoms. The topological polar surface area (TPSA) is 79.4 Å². The lowest BCUT2D eigenvalue weighted by molar-refractivity contribution is 0.636. The Morgan fingerprint density at radius 1 is 1.28 bits per heavy atom. The van der Waals surface area contributed by atoms with Crippen LogP contribution in [0.25, 0.3) is 10.9 Å². The average Bonchev–Trinajstić information content (AvgIpc) is 3.27. The quantitative estimate of drug-likeness (QED) is 0.139. The van der Waals surface area contributed by atoms with Crippen molar-refractivity contribution in [1.82, 2.24) is 9.88 Å². The van der Waals surface area contributed by atoms with Crippen molar-refractivity contribution in [1.29, 1.82) is 0 Å². The largest absolute Gasteiger partial charge is 0.397 e. The summed E-state index contributed by atoms with van der Waals surface area (Å²) in [6.45, 7) is 8.96. The Labute approximate surface area is 215 Å². The zero-order valence-corrected chi connectivity index (χ0v) is 21.9. The molecule has 0 spiro atoms. The van der Waals surface area contributed by atoms with Crippen molar-refractivity contribution in [2.45, 2.75) is 52.7 Å². The molecular formula is C30H38N6. The SMILES string of the molecule is C#CC(/N=C(\C(C)=C/C)c1cn2c3c(cccc13)CCC2)Nc1cc(N)c(NCCNC)cc1CC. The van der Waals surface area contributed by atoms with E-state index in [9.17, 15) is 0 Å². The van der Waals surface area contributed by atoms with Crippen molar-refractivity contribution < 1.29 is 0 Å². The van der Waals surface area contributed by atoms with Gasteiger partial charge in [-0.25, -0.2) is 4.99 Å². The minimum atomic E-state index is -0.533. The lowest BCUT2D eigenvalue weighted by atomic mass is 9.99. The van der Waals surface area contributed by atoms with Crippen LogP contribution in [0, 0.1) is 12.3 Å². The van der Waals surface area contributed by atoms with E-state index in [1.54, 1.807) is 0 Å². The fourth-order valence-electron chi connectivity index (χ4n) is 4.92. The van der Waals surface area contributed by atoms with Gasteiger partial charge in [0.15, 0.2) is 6.17 Å². The lowest BCUT2D eigenvalue weighted by Gasteiger charge is -2.19. The number of aromatic nitrogens is 1. The monoisotopic (exact) mass is 482 g/mol. The molecule has 3 aromatic rings. The minimum Gasteiger partial charge on any atom is -0.397 e. The van der Waals surface area contributed by atoms with E-state index in [-0.39, 0.29) is 0 Å². The molecule has 1 aliphatic rings. The number of anilines is 3. The van der Waals surface area contributed by atoms with Crippen molar-refractivity contribution in [3.63, 3.8) is 0 Å². The van der Waals surface area contributed by atoms with Gasteiger partial charge < -0.3 is 26.3 Å². The highest BCUT2D eigenvalue weighted by Crippen LogP contribution is 2.32. The predicted octanol–water partition coefficient (Wildman–Crippen LogP) is 5.19. The minimum absolute atomic E-state index is 0.533. The summed E-state index contributed by atoms with van der Waals surface area (Å²) in [5.74, 6) is 2.85. The molecule has 0 radical (unpaired) electrons. The van der Waals surface area contributed by atoms with E-state index < -0.39 is 6.17 Å². The number of aryl methyl sites for hydroxylation is 3. The second-order valence-electron chi connectivity index (χ2n) is 9.30. The molecule has 36 heavy (non-hydrogen) atoms. The molecule has 1 aliphatic heterocycles. The molecule has 1 aromatic heterocycles. The van der Waals surface area contributed by atoms with Crippen LogP contribution >= 0.6 is 0 Å². The second kappa shape index (κ2) is 11.4. The standard InChI is InChI=1S/C30H38N6/c1-6-20(4)29(24-19-36-16-10-12-22-11-9-13-23(24)30(22)36)35-28(8-3)34-26-18-25(31)27(17-21(26)7-2)33-15-14-32-5/h3,6,9,11,13,17-19,28,32-34H,7,10,12,14-16,31H2,1-2,4-5H3/b20-6-,35-29+. The molecule has 6 heteroatoms. The highest BCUT2D eigenvalue weighted by atomic mass is 15.1. The van der Waals surface area contributed by atoms with Crippen molar-refractivity contribution >= 4 is 33.7 Å². The number of terminal acetylenes is 1. The number of nitrogen functional groups attached to an aromatic ring is 1. The fraction of sp³-hybridized carbons (Fsp3) is 0.367. The van der Waals surface area contributed by atoms with Gasteiger partial charge in [-0.05, 0) is 69.0 Å². The predicted molar refractivity (Wildman–Crippen MR) is 155 cm³/mol. The van der Waals surface area contributed by atoms with Gasteiger partial charge in [0.2, 0.25) is 0 Å². The highest BCUT2D eigenvalue weighted by Gasteiger charge is 2.20. The Balaban J connectivity index is 1.71. The highest BCUT2D eigenvalue weighted by molar-refractivity contribution is 6.19. The third-order valence-electron chi connectivity index (χ3n) is 6.94. The Morgan fingerprint density at radius 3 is 2.83 bits per heavy atom. The maximum absolute atomic E-state index is 6.38. The number of nitrogens with one attached hydrogen (secondary N) is 3. The Morgan fingerprint density at radius 2 is 2.11 bits per heavy atom. The van der Waals surface area contributed by atoms with E-state index in [0.717, 1.165) is 72.7 Å². The van der Waals surface area contributed by atoms with E-state index in [4.69, 9.17) is 17.1 Å². The normalized spacial score (nSPS) is 14.5. The zero-order valence-electron chi connectivity index (χ0n) is 21.9.